The van der Waals surface area contributed by atoms with Gasteiger partial charge in [0.1, 0.15) is 5.75 Å². The number of aryl methyl sites for hydroxylation is 1. The van der Waals surface area contributed by atoms with Gasteiger partial charge in [-0.25, -0.2) is 9.59 Å². The van der Waals surface area contributed by atoms with Crippen molar-refractivity contribution in [1.29, 1.82) is 0 Å². The number of carbonyl (C=O) groups excluding carboxylic acids is 1. The molecule has 0 amide bonds. The smallest absolute Gasteiger partial charge is 0.343 e. The number of hydrogen-bond acceptors (Lipinski definition) is 6. The first-order valence-corrected chi connectivity index (χ1v) is 11.2. The van der Waals surface area contributed by atoms with Gasteiger partial charge < -0.3 is 20.1 Å². The molecule has 0 saturated heterocycles. The van der Waals surface area contributed by atoms with Crippen LogP contribution in [-0.4, -0.2) is 63.0 Å². The molecule has 3 N–H and O–H groups in total. The molecule has 0 bridgehead atoms. The number of carboxylic acid groups (broad SMARTS) is 1. The molecule has 0 aliphatic heterocycles. The molecule has 2 aromatic carbocycles. The van der Waals surface area contributed by atoms with Gasteiger partial charge in [-0.2, -0.15) is 0 Å². The Morgan fingerprint density at radius 1 is 0.939 bits per heavy atom. The van der Waals surface area contributed by atoms with E-state index in [9.17, 15) is 19.8 Å². The van der Waals surface area contributed by atoms with E-state index in [0.717, 1.165) is 29.7 Å². The number of benzene rings is 2. The quantitative estimate of drug-likeness (QED) is 0.351. The highest BCUT2D eigenvalue weighted by Gasteiger charge is 2.33. The van der Waals surface area contributed by atoms with E-state index in [1.165, 1.54) is 0 Å². The number of carboxylic acids is 1. The molecule has 7 nitrogen and oxygen atoms in total. The average Bonchev–Trinajstić information content (AvgIpc) is 2.76. The molecule has 0 fully saturated rings. The van der Waals surface area contributed by atoms with E-state index in [1.807, 2.05) is 43.3 Å². The summed E-state index contributed by atoms with van der Waals surface area (Å²) in [5, 5.41) is 28.3. The van der Waals surface area contributed by atoms with Crippen molar-refractivity contribution >= 4 is 11.9 Å². The number of ether oxygens (including phenoxy) is 1. The van der Waals surface area contributed by atoms with Crippen LogP contribution in [0.3, 0.4) is 0 Å². The highest BCUT2D eigenvalue weighted by atomic mass is 16.6. The van der Waals surface area contributed by atoms with Gasteiger partial charge >= 0.3 is 11.9 Å². The van der Waals surface area contributed by atoms with Gasteiger partial charge in [-0.05, 0) is 59.2 Å². The zero-order valence-corrected chi connectivity index (χ0v) is 19.9. The molecule has 0 aliphatic rings. The third-order valence-corrected chi connectivity index (χ3v) is 5.75. The lowest BCUT2D eigenvalue weighted by molar-refractivity contribution is -0.164. The average molecular weight is 458 g/mol. The number of aliphatic carboxylic acids is 1. The lowest BCUT2D eigenvalue weighted by atomic mass is 9.86. The zero-order chi connectivity index (χ0) is 24.7. The van der Waals surface area contributed by atoms with E-state index >= 15 is 0 Å². The summed E-state index contributed by atoms with van der Waals surface area (Å²) in [6, 6.07) is 16.0. The molecule has 180 valence electrons. The maximum atomic E-state index is 12.4. The normalized spacial score (nSPS) is 14.4. The third-order valence-electron chi connectivity index (χ3n) is 5.75. The zero-order valence-electron chi connectivity index (χ0n) is 19.9. The summed E-state index contributed by atoms with van der Waals surface area (Å²) in [6.45, 7) is 11.4. The largest absolute Gasteiger partial charge is 0.479 e. The predicted octanol–water partition coefficient (Wildman–Crippen LogP) is 3.35. The van der Waals surface area contributed by atoms with E-state index in [0.29, 0.717) is 12.1 Å². The fourth-order valence-electron chi connectivity index (χ4n) is 4.04. The number of aliphatic hydroxyl groups is 2. The van der Waals surface area contributed by atoms with Crippen LogP contribution in [0.25, 0.3) is 0 Å². The van der Waals surface area contributed by atoms with Crippen LogP contribution >= 0.6 is 0 Å². The van der Waals surface area contributed by atoms with Crippen molar-refractivity contribution in [3.05, 3.63) is 65.2 Å². The summed E-state index contributed by atoms with van der Waals surface area (Å²) in [6.07, 6.45) is -3.69. The van der Waals surface area contributed by atoms with E-state index in [1.54, 1.807) is 12.1 Å². The molecule has 0 aliphatic carbocycles. The van der Waals surface area contributed by atoms with Crippen molar-refractivity contribution in [2.45, 2.75) is 71.2 Å². The van der Waals surface area contributed by atoms with Crippen LogP contribution in [0.15, 0.2) is 48.5 Å². The molecule has 0 aromatic heterocycles. The van der Waals surface area contributed by atoms with Crippen LogP contribution in [0.4, 0.5) is 0 Å². The van der Waals surface area contributed by atoms with E-state index in [-0.39, 0.29) is 11.7 Å². The Balaban J connectivity index is 2.43. The van der Waals surface area contributed by atoms with E-state index < -0.39 is 24.1 Å². The van der Waals surface area contributed by atoms with Crippen molar-refractivity contribution in [2.24, 2.45) is 0 Å². The minimum absolute atomic E-state index is 0.101. The second-order valence-electron chi connectivity index (χ2n) is 8.87. The molecule has 0 spiro atoms. The van der Waals surface area contributed by atoms with Gasteiger partial charge in [0.15, 0.2) is 12.2 Å². The van der Waals surface area contributed by atoms with Gasteiger partial charge in [-0.1, -0.05) is 48.0 Å². The Kier molecular flexibility index (Phi) is 9.58. The molecule has 0 saturated carbocycles. The van der Waals surface area contributed by atoms with Gasteiger partial charge in [0, 0.05) is 23.6 Å². The Bertz CT molecular complexity index is 920. The lowest BCUT2D eigenvalue weighted by Gasteiger charge is -2.32. The fraction of sp³-hybridized carbons (Fsp3) is 0.462. The monoisotopic (exact) mass is 457 g/mol. The number of carbonyl (C=O) groups is 2. The maximum absolute atomic E-state index is 12.4. The molecule has 7 heteroatoms. The van der Waals surface area contributed by atoms with Gasteiger partial charge in [-0.3, -0.25) is 4.90 Å². The van der Waals surface area contributed by atoms with Gasteiger partial charge in [0.25, 0.3) is 0 Å². The molecular formula is C26H35NO6. The Hall–Kier alpha value is -2.74. The van der Waals surface area contributed by atoms with Gasteiger partial charge in [-0.15, -0.1) is 0 Å². The van der Waals surface area contributed by atoms with Crippen molar-refractivity contribution < 1.29 is 29.6 Å². The van der Waals surface area contributed by atoms with Crippen LogP contribution < -0.4 is 4.74 Å². The maximum Gasteiger partial charge on any atom is 0.343 e. The number of rotatable bonds is 11. The van der Waals surface area contributed by atoms with Crippen LogP contribution in [0.5, 0.6) is 5.75 Å². The highest BCUT2D eigenvalue weighted by Crippen LogP contribution is 2.36. The van der Waals surface area contributed by atoms with E-state index in [2.05, 4.69) is 32.6 Å². The summed E-state index contributed by atoms with van der Waals surface area (Å²) < 4.78 is 5.41. The molecule has 3 atom stereocenters. The third kappa shape index (κ3) is 7.12. The number of aliphatic hydroxyl groups excluding tert-OH is 2. The van der Waals surface area contributed by atoms with Crippen LogP contribution in [0.2, 0.25) is 0 Å². The molecule has 0 radical (unpaired) electrons. The molecule has 33 heavy (non-hydrogen) atoms. The standard InChI is InChI=1S/C26H35NO6/c1-16(2)27(17(3)4)14-13-20(19-9-7-6-8-10-19)21-15-18(5)11-12-22(21)33-26(32)24(29)23(28)25(30)31/h6-12,15-17,20,23-24,28-29H,13-14H2,1-5H3,(H,30,31)/t20?,23?,24-/m1/s1. The summed E-state index contributed by atoms with van der Waals surface area (Å²) >= 11 is 0. The van der Waals surface area contributed by atoms with Gasteiger partial charge in [0.2, 0.25) is 0 Å². The second-order valence-corrected chi connectivity index (χ2v) is 8.87. The first-order chi connectivity index (χ1) is 15.5. The Labute approximate surface area is 195 Å². The van der Waals surface area contributed by atoms with Crippen LogP contribution in [0.1, 0.15) is 56.7 Å². The SMILES string of the molecule is Cc1ccc(OC(=O)[C@H](O)C(O)C(=O)O)c(C(CCN(C(C)C)C(C)C)c2ccccc2)c1. The van der Waals surface area contributed by atoms with Crippen LogP contribution in [-0.2, 0) is 9.59 Å². The first-order valence-electron chi connectivity index (χ1n) is 11.2. The summed E-state index contributed by atoms with van der Waals surface area (Å²) in [5.41, 5.74) is 2.79. The first kappa shape index (κ1) is 26.5. The summed E-state index contributed by atoms with van der Waals surface area (Å²) in [7, 11) is 0. The number of esters is 1. The lowest BCUT2D eigenvalue weighted by Crippen LogP contribution is -2.42. The fourth-order valence-corrected chi connectivity index (χ4v) is 4.04. The topological polar surface area (TPSA) is 107 Å². The van der Waals surface area contributed by atoms with Crippen molar-refractivity contribution in [3.8, 4) is 5.75 Å². The molecular weight excluding hydrogens is 422 g/mol. The minimum atomic E-state index is -2.26. The summed E-state index contributed by atoms with van der Waals surface area (Å²) in [5.74, 6) is -2.78. The molecule has 2 rings (SSSR count). The number of nitrogens with zero attached hydrogens (tertiary/aromatic N) is 1. The van der Waals surface area contributed by atoms with Crippen LogP contribution in [0, 0.1) is 6.92 Å². The summed E-state index contributed by atoms with van der Waals surface area (Å²) in [4.78, 5) is 25.7. The van der Waals surface area contributed by atoms with Crippen molar-refractivity contribution in [3.63, 3.8) is 0 Å². The van der Waals surface area contributed by atoms with Gasteiger partial charge in [0.05, 0.1) is 0 Å². The molecule has 0 heterocycles. The molecule has 2 unspecified atom stereocenters. The minimum Gasteiger partial charge on any atom is -0.479 e. The number of hydrogen-bond donors (Lipinski definition) is 3. The Morgan fingerprint density at radius 2 is 1.55 bits per heavy atom. The highest BCUT2D eigenvalue weighted by molar-refractivity contribution is 5.85. The van der Waals surface area contributed by atoms with E-state index in [4.69, 9.17) is 9.84 Å². The molecule has 2 aromatic rings. The predicted molar refractivity (Wildman–Crippen MR) is 126 cm³/mol. The Morgan fingerprint density at radius 3 is 2.09 bits per heavy atom. The second kappa shape index (κ2) is 11.9. The van der Waals surface area contributed by atoms with Crippen molar-refractivity contribution in [2.75, 3.05) is 6.54 Å². The van der Waals surface area contributed by atoms with Crippen molar-refractivity contribution in [1.82, 2.24) is 4.90 Å².